The largest absolute Gasteiger partial charge is 0.396 e. The van der Waals surface area contributed by atoms with Crippen molar-refractivity contribution >= 4 is 5.91 Å². The van der Waals surface area contributed by atoms with E-state index in [2.05, 4.69) is 17.2 Å². The van der Waals surface area contributed by atoms with E-state index >= 15 is 0 Å². The van der Waals surface area contributed by atoms with Crippen LogP contribution in [-0.4, -0.2) is 24.2 Å². The molecule has 2 rings (SSSR count). The van der Waals surface area contributed by atoms with E-state index in [0.29, 0.717) is 13.0 Å². The van der Waals surface area contributed by atoms with Gasteiger partial charge in [-0.3, -0.25) is 4.79 Å². The van der Waals surface area contributed by atoms with Crippen molar-refractivity contribution in [1.82, 2.24) is 5.32 Å². The lowest BCUT2D eigenvalue weighted by molar-refractivity contribution is -0.115. The fraction of sp³-hybridized carbons (Fsp3) is 0.211. The molecule has 0 spiro atoms. The Morgan fingerprint density at radius 2 is 1.68 bits per heavy atom. The van der Waals surface area contributed by atoms with Gasteiger partial charge in [0.05, 0.1) is 0 Å². The number of rotatable bonds is 5. The first-order chi connectivity index (χ1) is 10.8. The number of hydrogen-bond donors (Lipinski definition) is 2. The summed E-state index contributed by atoms with van der Waals surface area (Å²) in [5, 5.41) is 12.0. The minimum absolute atomic E-state index is 0.0884. The fourth-order valence-electron chi connectivity index (χ4n) is 2.18. The molecule has 2 aromatic carbocycles. The molecule has 0 aromatic heterocycles. The third-order valence-electron chi connectivity index (χ3n) is 3.35. The Morgan fingerprint density at radius 1 is 1.05 bits per heavy atom. The summed E-state index contributed by atoms with van der Waals surface area (Å²) in [6, 6.07) is 19.3. The minimum Gasteiger partial charge on any atom is -0.396 e. The van der Waals surface area contributed by atoms with Gasteiger partial charge in [-0.2, -0.15) is 0 Å². The van der Waals surface area contributed by atoms with Gasteiger partial charge in [0.15, 0.2) is 0 Å². The zero-order valence-corrected chi connectivity index (χ0v) is 12.3. The van der Waals surface area contributed by atoms with Crippen LogP contribution in [0.5, 0.6) is 0 Å². The predicted octanol–water partition coefficient (Wildman–Crippen LogP) is 2.32. The van der Waals surface area contributed by atoms with Gasteiger partial charge in [-0.15, -0.1) is 0 Å². The molecule has 1 amide bonds. The molecule has 3 nitrogen and oxygen atoms in total. The average Bonchev–Trinajstić information content (AvgIpc) is 2.58. The Hall–Kier alpha value is -2.57. The summed E-state index contributed by atoms with van der Waals surface area (Å²) in [5.74, 6) is 5.20. The first-order valence-electron chi connectivity index (χ1n) is 7.30. The maximum Gasteiger partial charge on any atom is 0.296 e. The molecule has 0 aliphatic heterocycles. The Balaban J connectivity index is 1.92. The molecule has 0 aliphatic carbocycles. The van der Waals surface area contributed by atoms with Crippen LogP contribution in [0, 0.1) is 11.8 Å². The standard InChI is InChI=1S/C19H19NO2/c21-14-13-18(17-9-5-2-6-10-17)15-20-19(22)12-11-16-7-3-1-4-8-16/h1-10,18,21H,13-15H2,(H,20,22)/t18-/m0/s1. The van der Waals surface area contributed by atoms with E-state index < -0.39 is 0 Å². The van der Waals surface area contributed by atoms with E-state index in [0.717, 1.165) is 11.1 Å². The molecule has 0 unspecified atom stereocenters. The molecular weight excluding hydrogens is 274 g/mol. The molecule has 2 N–H and O–H groups in total. The molecule has 0 saturated carbocycles. The minimum atomic E-state index is -0.303. The summed E-state index contributed by atoms with van der Waals surface area (Å²) in [6.45, 7) is 0.554. The number of carbonyl (C=O) groups excluding carboxylic acids is 1. The zero-order valence-electron chi connectivity index (χ0n) is 12.3. The van der Waals surface area contributed by atoms with Crippen LogP contribution in [0.15, 0.2) is 60.7 Å². The molecule has 3 heteroatoms. The lowest BCUT2D eigenvalue weighted by atomic mass is 9.96. The highest BCUT2D eigenvalue weighted by Gasteiger charge is 2.11. The van der Waals surface area contributed by atoms with Crippen molar-refractivity contribution in [3.05, 3.63) is 71.8 Å². The summed E-state index contributed by atoms with van der Waals surface area (Å²) >= 11 is 0. The van der Waals surface area contributed by atoms with Crippen molar-refractivity contribution in [3.63, 3.8) is 0 Å². The lowest BCUT2D eigenvalue weighted by Gasteiger charge is -2.16. The Kier molecular flexibility index (Phi) is 6.22. The molecule has 0 aliphatic rings. The van der Waals surface area contributed by atoms with E-state index in [9.17, 15) is 9.90 Å². The van der Waals surface area contributed by atoms with Gasteiger partial charge in [-0.05, 0) is 24.1 Å². The van der Waals surface area contributed by atoms with Gasteiger partial charge in [0.1, 0.15) is 0 Å². The van der Waals surface area contributed by atoms with Gasteiger partial charge in [0.25, 0.3) is 5.91 Å². The molecule has 112 valence electrons. The number of hydrogen-bond acceptors (Lipinski definition) is 2. The van der Waals surface area contributed by atoms with Gasteiger partial charge < -0.3 is 10.4 Å². The van der Waals surface area contributed by atoms with Crippen LogP contribution < -0.4 is 5.32 Å². The first kappa shape index (κ1) is 15.8. The average molecular weight is 293 g/mol. The van der Waals surface area contributed by atoms with Crippen LogP contribution in [0.2, 0.25) is 0 Å². The third kappa shape index (κ3) is 5.08. The van der Waals surface area contributed by atoms with Gasteiger partial charge in [-0.1, -0.05) is 54.5 Å². The van der Waals surface area contributed by atoms with Crippen molar-refractivity contribution in [2.45, 2.75) is 12.3 Å². The fourth-order valence-corrected chi connectivity index (χ4v) is 2.18. The predicted molar refractivity (Wildman–Crippen MR) is 87.2 cm³/mol. The van der Waals surface area contributed by atoms with Crippen LogP contribution >= 0.6 is 0 Å². The maximum atomic E-state index is 11.8. The van der Waals surface area contributed by atoms with Crippen LogP contribution in [0.3, 0.4) is 0 Å². The van der Waals surface area contributed by atoms with Gasteiger partial charge in [0.2, 0.25) is 0 Å². The molecule has 0 radical (unpaired) electrons. The second kappa shape index (κ2) is 8.66. The number of carbonyl (C=O) groups is 1. The Labute approximate surface area is 131 Å². The normalized spacial score (nSPS) is 11.1. The molecular formula is C19H19NO2. The number of amides is 1. The van der Waals surface area contributed by atoms with Crippen molar-refractivity contribution < 1.29 is 9.90 Å². The van der Waals surface area contributed by atoms with Crippen LogP contribution in [-0.2, 0) is 4.79 Å². The summed E-state index contributed by atoms with van der Waals surface area (Å²) < 4.78 is 0. The molecule has 0 bridgehead atoms. The highest BCUT2D eigenvalue weighted by atomic mass is 16.3. The summed E-state index contributed by atoms with van der Waals surface area (Å²) in [7, 11) is 0. The van der Waals surface area contributed by atoms with E-state index in [1.807, 2.05) is 60.7 Å². The first-order valence-corrected chi connectivity index (χ1v) is 7.30. The summed E-state index contributed by atoms with van der Waals surface area (Å²) in [5.41, 5.74) is 1.92. The van der Waals surface area contributed by atoms with E-state index in [-0.39, 0.29) is 18.4 Å². The van der Waals surface area contributed by atoms with E-state index in [1.54, 1.807) is 0 Å². The summed E-state index contributed by atoms with van der Waals surface area (Å²) in [6.07, 6.45) is 0.608. The number of aliphatic hydroxyl groups excluding tert-OH is 1. The third-order valence-corrected chi connectivity index (χ3v) is 3.35. The van der Waals surface area contributed by atoms with Gasteiger partial charge in [-0.25, -0.2) is 0 Å². The van der Waals surface area contributed by atoms with Gasteiger partial charge in [0, 0.05) is 30.6 Å². The van der Waals surface area contributed by atoms with Crippen molar-refractivity contribution in [3.8, 4) is 11.8 Å². The molecule has 0 saturated heterocycles. The number of benzene rings is 2. The van der Waals surface area contributed by atoms with Crippen LogP contribution in [0.1, 0.15) is 23.5 Å². The smallest absolute Gasteiger partial charge is 0.296 e. The second-order valence-electron chi connectivity index (χ2n) is 4.95. The number of aliphatic hydroxyl groups is 1. The second-order valence-corrected chi connectivity index (χ2v) is 4.95. The molecule has 22 heavy (non-hydrogen) atoms. The van der Waals surface area contributed by atoms with Crippen molar-refractivity contribution in [2.75, 3.05) is 13.2 Å². The Morgan fingerprint density at radius 3 is 2.32 bits per heavy atom. The Bertz CT molecular complexity index is 641. The van der Waals surface area contributed by atoms with E-state index in [4.69, 9.17) is 0 Å². The topological polar surface area (TPSA) is 49.3 Å². The molecule has 0 fully saturated rings. The molecule has 1 atom stereocenters. The summed E-state index contributed by atoms with van der Waals surface area (Å²) in [4.78, 5) is 11.8. The SMILES string of the molecule is O=C(C#Cc1ccccc1)NC[C@H](CCO)c1ccccc1. The van der Waals surface area contributed by atoms with Crippen LogP contribution in [0.4, 0.5) is 0 Å². The highest BCUT2D eigenvalue weighted by molar-refractivity contribution is 5.94. The van der Waals surface area contributed by atoms with Gasteiger partial charge >= 0.3 is 0 Å². The van der Waals surface area contributed by atoms with Crippen molar-refractivity contribution in [1.29, 1.82) is 0 Å². The number of nitrogens with one attached hydrogen (secondary N) is 1. The maximum absolute atomic E-state index is 11.8. The monoisotopic (exact) mass is 293 g/mol. The quantitative estimate of drug-likeness (QED) is 0.831. The van der Waals surface area contributed by atoms with Crippen LogP contribution in [0.25, 0.3) is 0 Å². The molecule has 0 heterocycles. The zero-order chi connectivity index (χ0) is 15.6. The highest BCUT2D eigenvalue weighted by Crippen LogP contribution is 2.17. The van der Waals surface area contributed by atoms with E-state index in [1.165, 1.54) is 0 Å². The van der Waals surface area contributed by atoms with Crippen molar-refractivity contribution in [2.24, 2.45) is 0 Å². The lowest BCUT2D eigenvalue weighted by Crippen LogP contribution is -2.27. The molecule has 2 aromatic rings.